The molecule has 0 aliphatic carbocycles. The van der Waals surface area contributed by atoms with Gasteiger partial charge in [0.05, 0.1) is 5.69 Å². The topological polar surface area (TPSA) is 103 Å². The molecule has 0 saturated heterocycles. The zero-order chi connectivity index (χ0) is 19.1. The number of alkyl halides is 3. The van der Waals surface area contributed by atoms with E-state index in [0.717, 1.165) is 13.0 Å². The molecule has 0 saturated carbocycles. The number of para-hydroxylation sites is 1. The average molecular weight is 388 g/mol. The van der Waals surface area contributed by atoms with Gasteiger partial charge in [0.1, 0.15) is 5.69 Å². The molecule has 1 unspecified atom stereocenters. The van der Waals surface area contributed by atoms with Crippen LogP contribution in [0.3, 0.4) is 0 Å². The SMILES string of the molecule is CC(=O)C1=Cc2nnn(-c3ccccc3)c2NC1OS(=O)(=O)C(F)(F)F. The number of nitrogens with zero attached hydrogens (tertiary/aromatic N) is 3. The van der Waals surface area contributed by atoms with Gasteiger partial charge < -0.3 is 5.32 Å². The molecular weight excluding hydrogens is 377 g/mol. The van der Waals surface area contributed by atoms with Crippen molar-refractivity contribution in [2.75, 3.05) is 5.32 Å². The summed E-state index contributed by atoms with van der Waals surface area (Å²) in [5, 5.41) is 10.2. The van der Waals surface area contributed by atoms with Gasteiger partial charge in [0, 0.05) is 5.57 Å². The van der Waals surface area contributed by atoms with Gasteiger partial charge in [-0.15, -0.1) is 5.10 Å². The second-order valence-electron chi connectivity index (χ2n) is 5.25. The summed E-state index contributed by atoms with van der Waals surface area (Å²) in [7, 11) is -5.93. The number of nitrogens with one attached hydrogen (secondary N) is 1. The number of hydrogen-bond acceptors (Lipinski definition) is 7. The fraction of sp³-hybridized carbons (Fsp3) is 0.214. The molecular formula is C14H11F3N4O4S. The second kappa shape index (κ2) is 6.21. The van der Waals surface area contributed by atoms with Gasteiger partial charge in [0.2, 0.25) is 0 Å². The first kappa shape index (κ1) is 18.1. The molecule has 3 rings (SSSR count). The van der Waals surface area contributed by atoms with Gasteiger partial charge in [-0.1, -0.05) is 23.4 Å². The van der Waals surface area contributed by atoms with E-state index in [9.17, 15) is 26.4 Å². The molecule has 1 aliphatic heterocycles. The molecule has 2 aromatic rings. The van der Waals surface area contributed by atoms with Crippen molar-refractivity contribution >= 4 is 27.8 Å². The molecule has 1 aromatic heterocycles. The molecule has 1 aliphatic rings. The largest absolute Gasteiger partial charge is 0.523 e. The van der Waals surface area contributed by atoms with Crippen molar-refractivity contribution in [3.05, 3.63) is 41.6 Å². The number of hydrogen-bond donors (Lipinski definition) is 1. The van der Waals surface area contributed by atoms with E-state index in [1.165, 1.54) is 4.68 Å². The molecule has 0 radical (unpaired) electrons. The van der Waals surface area contributed by atoms with E-state index >= 15 is 0 Å². The van der Waals surface area contributed by atoms with Crippen LogP contribution in [-0.2, 0) is 19.1 Å². The molecule has 0 bridgehead atoms. The summed E-state index contributed by atoms with van der Waals surface area (Å²) in [5.74, 6) is -0.594. The summed E-state index contributed by atoms with van der Waals surface area (Å²) in [6.45, 7) is 1.07. The first-order valence-corrected chi connectivity index (χ1v) is 8.51. The van der Waals surface area contributed by atoms with Gasteiger partial charge in [-0.2, -0.15) is 26.3 Å². The van der Waals surface area contributed by atoms with Crippen LogP contribution < -0.4 is 5.32 Å². The summed E-state index contributed by atoms with van der Waals surface area (Å²) in [6.07, 6.45) is -0.732. The van der Waals surface area contributed by atoms with Gasteiger partial charge >= 0.3 is 15.6 Å². The van der Waals surface area contributed by atoms with Crippen molar-refractivity contribution < 1.29 is 30.6 Å². The van der Waals surface area contributed by atoms with Crippen molar-refractivity contribution in [2.24, 2.45) is 0 Å². The zero-order valence-corrected chi connectivity index (χ0v) is 13.9. The second-order valence-corrected chi connectivity index (χ2v) is 6.81. The Bertz CT molecular complexity index is 983. The molecule has 1 atom stereocenters. The third-order valence-corrected chi connectivity index (χ3v) is 4.47. The Kier molecular flexibility index (Phi) is 4.32. The lowest BCUT2D eigenvalue weighted by atomic mass is 10.1. The number of ketones is 1. The maximum Gasteiger partial charge on any atom is 0.523 e. The Morgan fingerprint density at radius 2 is 1.92 bits per heavy atom. The zero-order valence-electron chi connectivity index (χ0n) is 13.1. The van der Waals surface area contributed by atoms with E-state index in [2.05, 4.69) is 19.8 Å². The lowest BCUT2D eigenvalue weighted by Crippen LogP contribution is -2.38. The normalized spacial score (nSPS) is 17.2. The van der Waals surface area contributed by atoms with E-state index in [-0.39, 0.29) is 17.1 Å². The predicted octanol–water partition coefficient (Wildman–Crippen LogP) is 1.86. The van der Waals surface area contributed by atoms with Gasteiger partial charge in [0.15, 0.2) is 17.8 Å². The summed E-state index contributed by atoms with van der Waals surface area (Å²) in [6, 6.07) is 8.46. The first-order valence-electron chi connectivity index (χ1n) is 7.10. The molecule has 138 valence electrons. The van der Waals surface area contributed by atoms with E-state index in [1.54, 1.807) is 30.3 Å². The van der Waals surface area contributed by atoms with Crippen LogP contribution in [0.4, 0.5) is 19.0 Å². The van der Waals surface area contributed by atoms with Crippen LogP contribution in [0.2, 0.25) is 0 Å². The minimum atomic E-state index is -5.93. The van der Waals surface area contributed by atoms with Crippen molar-refractivity contribution in [1.29, 1.82) is 0 Å². The number of benzene rings is 1. The third kappa shape index (κ3) is 3.20. The summed E-state index contributed by atoms with van der Waals surface area (Å²) in [5.41, 5.74) is -5.28. The molecule has 0 amide bonds. The van der Waals surface area contributed by atoms with Crippen LogP contribution in [0.25, 0.3) is 11.8 Å². The van der Waals surface area contributed by atoms with Crippen molar-refractivity contribution in [2.45, 2.75) is 18.7 Å². The van der Waals surface area contributed by atoms with E-state index in [0.29, 0.717) is 5.69 Å². The lowest BCUT2D eigenvalue weighted by molar-refractivity contribution is -0.114. The first-order chi connectivity index (χ1) is 12.1. The number of carbonyl (C=O) groups excluding carboxylic acids is 1. The summed E-state index contributed by atoms with van der Waals surface area (Å²) in [4.78, 5) is 11.7. The molecule has 0 fully saturated rings. The van der Waals surface area contributed by atoms with Crippen molar-refractivity contribution in [1.82, 2.24) is 15.0 Å². The number of aromatic nitrogens is 3. The van der Waals surface area contributed by atoms with E-state index in [1.807, 2.05) is 0 Å². The fourth-order valence-electron chi connectivity index (χ4n) is 2.24. The highest BCUT2D eigenvalue weighted by Gasteiger charge is 2.50. The van der Waals surface area contributed by atoms with Crippen LogP contribution in [0.15, 0.2) is 35.9 Å². The Balaban J connectivity index is 2.03. The van der Waals surface area contributed by atoms with Crippen molar-refractivity contribution in [3.8, 4) is 5.69 Å². The molecule has 0 spiro atoms. The minimum absolute atomic E-state index is 0.0866. The molecule has 1 aromatic carbocycles. The molecule has 26 heavy (non-hydrogen) atoms. The Hall–Kier alpha value is -2.73. The quantitative estimate of drug-likeness (QED) is 0.630. The maximum atomic E-state index is 12.6. The van der Waals surface area contributed by atoms with Crippen LogP contribution >= 0.6 is 0 Å². The molecule has 12 heteroatoms. The Morgan fingerprint density at radius 1 is 1.27 bits per heavy atom. The van der Waals surface area contributed by atoms with Gasteiger partial charge in [-0.05, 0) is 25.1 Å². The number of fused-ring (bicyclic) bond motifs is 1. The Labute approximate surface area is 145 Å². The van der Waals surface area contributed by atoms with Crippen LogP contribution in [0.5, 0.6) is 0 Å². The molecule has 2 heterocycles. The maximum absolute atomic E-state index is 12.6. The van der Waals surface area contributed by atoms with Crippen LogP contribution in [-0.4, -0.2) is 40.9 Å². The molecule has 8 nitrogen and oxygen atoms in total. The van der Waals surface area contributed by atoms with Crippen LogP contribution in [0, 0.1) is 0 Å². The summed E-state index contributed by atoms with van der Waals surface area (Å²) < 4.78 is 66.0. The fourth-order valence-corrected chi connectivity index (χ4v) is 2.76. The monoisotopic (exact) mass is 388 g/mol. The number of carbonyl (C=O) groups is 1. The van der Waals surface area contributed by atoms with Gasteiger partial charge in [0.25, 0.3) is 0 Å². The third-order valence-electron chi connectivity index (χ3n) is 3.45. The van der Waals surface area contributed by atoms with Crippen molar-refractivity contribution in [3.63, 3.8) is 0 Å². The molecule has 1 N–H and O–H groups in total. The smallest absolute Gasteiger partial charge is 0.338 e. The van der Waals surface area contributed by atoms with E-state index in [4.69, 9.17) is 0 Å². The highest BCUT2D eigenvalue weighted by atomic mass is 32.2. The lowest BCUT2D eigenvalue weighted by Gasteiger charge is -2.25. The highest BCUT2D eigenvalue weighted by Crippen LogP contribution is 2.32. The number of Topliss-reactive ketones (excluding diaryl/α,β-unsaturated/α-hetero) is 1. The minimum Gasteiger partial charge on any atom is -0.338 e. The van der Waals surface area contributed by atoms with E-state index < -0.39 is 27.6 Å². The summed E-state index contributed by atoms with van der Waals surface area (Å²) >= 11 is 0. The Morgan fingerprint density at radius 3 is 2.50 bits per heavy atom. The highest BCUT2D eigenvalue weighted by molar-refractivity contribution is 7.87. The van der Waals surface area contributed by atoms with Gasteiger partial charge in [-0.25, -0.2) is 4.18 Å². The van der Waals surface area contributed by atoms with Crippen LogP contribution in [0.1, 0.15) is 12.6 Å². The predicted molar refractivity (Wildman–Crippen MR) is 83.5 cm³/mol. The number of rotatable bonds is 4. The number of halogens is 3. The number of anilines is 1. The van der Waals surface area contributed by atoms with Gasteiger partial charge in [-0.3, -0.25) is 4.79 Å². The average Bonchev–Trinajstić information content (AvgIpc) is 2.96. The standard InChI is InChI=1S/C14H11F3N4O4S/c1-8(22)10-7-11-12(18-13(10)25-26(23,24)14(15,16)17)21(20-19-11)9-5-3-2-4-6-9/h2-7,13,18H,1H3.